The predicted molar refractivity (Wildman–Crippen MR) is 54.8 cm³/mol. The Kier molecular flexibility index (Phi) is 3.48. The Balaban J connectivity index is 3.15. The highest BCUT2D eigenvalue weighted by atomic mass is 35.5. The van der Waals surface area contributed by atoms with Gasteiger partial charge in [0.1, 0.15) is 5.82 Å². The third-order valence-electron chi connectivity index (χ3n) is 2.13. The molecule has 0 bridgehead atoms. The second-order valence-electron chi connectivity index (χ2n) is 3.43. The van der Waals surface area contributed by atoms with E-state index in [9.17, 15) is 9.50 Å². The number of rotatable bonds is 2. The summed E-state index contributed by atoms with van der Waals surface area (Å²) in [6.45, 7) is 3.39. The average molecular weight is 218 g/mol. The van der Waals surface area contributed by atoms with Crippen LogP contribution in [-0.2, 0) is 0 Å². The lowest BCUT2D eigenvalue weighted by Crippen LogP contribution is -2.25. The number of hydrogen-bond donors (Lipinski definition) is 2. The van der Waals surface area contributed by atoms with E-state index in [0.29, 0.717) is 11.1 Å². The maximum absolute atomic E-state index is 13.0. The van der Waals surface area contributed by atoms with Gasteiger partial charge in [-0.15, -0.1) is 0 Å². The van der Waals surface area contributed by atoms with Gasteiger partial charge in [0.25, 0.3) is 0 Å². The minimum absolute atomic E-state index is 0.00491. The summed E-state index contributed by atoms with van der Waals surface area (Å²) in [6.07, 6.45) is -0.812. The largest absolute Gasteiger partial charge is 0.387 e. The van der Waals surface area contributed by atoms with Crippen LogP contribution in [0.2, 0.25) is 5.02 Å². The number of aliphatic hydroxyl groups excluding tert-OH is 1. The Bertz CT molecular complexity index is 341. The smallest absolute Gasteiger partial charge is 0.142 e. The number of hydrogen-bond acceptors (Lipinski definition) is 2. The number of aliphatic hydroxyl groups is 1. The van der Waals surface area contributed by atoms with Crippen molar-refractivity contribution in [2.75, 3.05) is 0 Å². The number of nitrogens with two attached hydrogens (primary N) is 1. The summed E-state index contributed by atoms with van der Waals surface area (Å²) in [5, 5.41) is 9.69. The monoisotopic (exact) mass is 217 g/mol. The number of aryl methyl sites for hydroxylation is 1. The lowest BCUT2D eigenvalue weighted by atomic mass is 9.99. The molecule has 3 N–H and O–H groups in total. The second-order valence-corrected chi connectivity index (χ2v) is 3.83. The Labute approximate surface area is 87.5 Å². The van der Waals surface area contributed by atoms with E-state index in [0.717, 1.165) is 0 Å². The van der Waals surface area contributed by atoms with Crippen LogP contribution in [0, 0.1) is 12.7 Å². The highest BCUT2D eigenvalue weighted by Crippen LogP contribution is 2.25. The Morgan fingerprint density at radius 2 is 2.07 bits per heavy atom. The SMILES string of the molecule is Cc1cc(F)c(Cl)cc1[C@H](O)[C@@H](C)N. The van der Waals surface area contributed by atoms with Crippen molar-refractivity contribution in [2.45, 2.75) is 26.0 Å². The van der Waals surface area contributed by atoms with Crippen LogP contribution in [0.3, 0.4) is 0 Å². The second kappa shape index (κ2) is 4.26. The standard InChI is InChI=1S/C10H13ClFNO/c1-5-3-9(12)8(11)4-7(5)10(14)6(2)13/h3-4,6,10,14H,13H2,1-2H3/t6-,10-/m1/s1. The first-order chi connectivity index (χ1) is 6.43. The van der Waals surface area contributed by atoms with Gasteiger partial charge < -0.3 is 10.8 Å². The van der Waals surface area contributed by atoms with Crippen LogP contribution in [-0.4, -0.2) is 11.1 Å². The molecular formula is C10H13ClFNO. The third-order valence-corrected chi connectivity index (χ3v) is 2.42. The molecule has 2 nitrogen and oxygen atoms in total. The van der Waals surface area contributed by atoms with Crippen LogP contribution in [0.1, 0.15) is 24.2 Å². The highest BCUT2D eigenvalue weighted by Gasteiger charge is 2.16. The molecule has 0 unspecified atom stereocenters. The van der Waals surface area contributed by atoms with Gasteiger partial charge in [-0.2, -0.15) is 0 Å². The number of benzene rings is 1. The van der Waals surface area contributed by atoms with Crippen LogP contribution in [0.5, 0.6) is 0 Å². The van der Waals surface area contributed by atoms with Crippen molar-refractivity contribution in [3.8, 4) is 0 Å². The van der Waals surface area contributed by atoms with Gasteiger partial charge in [0.15, 0.2) is 0 Å². The molecule has 78 valence electrons. The van der Waals surface area contributed by atoms with E-state index in [1.54, 1.807) is 13.8 Å². The molecule has 0 aromatic heterocycles. The van der Waals surface area contributed by atoms with E-state index in [-0.39, 0.29) is 5.02 Å². The first kappa shape index (κ1) is 11.4. The van der Waals surface area contributed by atoms with Crippen molar-refractivity contribution in [2.24, 2.45) is 5.73 Å². The minimum Gasteiger partial charge on any atom is -0.387 e. The summed E-state index contributed by atoms with van der Waals surface area (Å²) in [5.41, 5.74) is 6.76. The normalized spacial score (nSPS) is 15.3. The maximum atomic E-state index is 13.0. The van der Waals surface area contributed by atoms with Gasteiger partial charge in [0.05, 0.1) is 11.1 Å². The lowest BCUT2D eigenvalue weighted by Gasteiger charge is -2.17. The third kappa shape index (κ3) is 2.23. The molecule has 0 fully saturated rings. The van der Waals surface area contributed by atoms with Crippen molar-refractivity contribution in [1.29, 1.82) is 0 Å². The van der Waals surface area contributed by atoms with Crippen LogP contribution in [0.4, 0.5) is 4.39 Å². The minimum atomic E-state index is -0.812. The zero-order valence-corrected chi connectivity index (χ0v) is 8.85. The summed E-state index contributed by atoms with van der Waals surface area (Å²) < 4.78 is 13.0. The molecule has 1 rings (SSSR count). The molecule has 0 saturated carbocycles. The zero-order chi connectivity index (χ0) is 10.9. The Morgan fingerprint density at radius 1 is 1.50 bits per heavy atom. The summed E-state index contributed by atoms with van der Waals surface area (Å²) >= 11 is 5.61. The van der Waals surface area contributed by atoms with Crippen LogP contribution in [0.15, 0.2) is 12.1 Å². The van der Waals surface area contributed by atoms with Crippen molar-refractivity contribution < 1.29 is 9.50 Å². The maximum Gasteiger partial charge on any atom is 0.142 e. The summed E-state index contributed by atoms with van der Waals surface area (Å²) in [7, 11) is 0. The fourth-order valence-electron chi connectivity index (χ4n) is 1.26. The van der Waals surface area contributed by atoms with Crippen molar-refractivity contribution in [1.82, 2.24) is 0 Å². The van der Waals surface area contributed by atoms with Crippen LogP contribution >= 0.6 is 11.6 Å². The molecule has 0 amide bonds. The summed E-state index contributed by atoms with van der Waals surface area (Å²) in [5.74, 6) is -0.482. The highest BCUT2D eigenvalue weighted by molar-refractivity contribution is 6.30. The fourth-order valence-corrected chi connectivity index (χ4v) is 1.44. The first-order valence-corrected chi connectivity index (χ1v) is 4.70. The predicted octanol–water partition coefficient (Wildman–Crippen LogP) is 2.17. The van der Waals surface area contributed by atoms with Crippen LogP contribution < -0.4 is 5.73 Å². The van der Waals surface area contributed by atoms with E-state index in [2.05, 4.69) is 0 Å². The molecule has 0 heterocycles. The molecule has 0 aliphatic rings. The molecule has 1 aromatic carbocycles. The quantitative estimate of drug-likeness (QED) is 0.798. The van der Waals surface area contributed by atoms with Gasteiger partial charge in [-0.1, -0.05) is 11.6 Å². The topological polar surface area (TPSA) is 46.2 Å². The Hall–Kier alpha value is -0.640. The van der Waals surface area contributed by atoms with E-state index in [4.69, 9.17) is 17.3 Å². The van der Waals surface area contributed by atoms with Gasteiger partial charge in [-0.25, -0.2) is 4.39 Å². The average Bonchev–Trinajstić information content (AvgIpc) is 2.10. The molecule has 2 atom stereocenters. The van der Waals surface area contributed by atoms with Gasteiger partial charge in [0.2, 0.25) is 0 Å². The van der Waals surface area contributed by atoms with E-state index >= 15 is 0 Å². The Morgan fingerprint density at radius 3 is 2.57 bits per heavy atom. The summed E-state index contributed by atoms with van der Waals surface area (Å²) in [4.78, 5) is 0. The summed E-state index contributed by atoms with van der Waals surface area (Å²) in [6, 6.07) is 2.30. The van der Waals surface area contributed by atoms with Crippen molar-refractivity contribution in [3.05, 3.63) is 34.1 Å². The number of halogens is 2. The molecule has 0 spiro atoms. The molecule has 0 aliphatic heterocycles. The molecule has 1 aromatic rings. The molecular weight excluding hydrogens is 205 g/mol. The van der Waals surface area contributed by atoms with Gasteiger partial charge in [-0.05, 0) is 37.1 Å². The van der Waals surface area contributed by atoms with Gasteiger partial charge >= 0.3 is 0 Å². The van der Waals surface area contributed by atoms with E-state index < -0.39 is 18.0 Å². The van der Waals surface area contributed by atoms with Gasteiger partial charge in [-0.3, -0.25) is 0 Å². The zero-order valence-electron chi connectivity index (χ0n) is 8.09. The van der Waals surface area contributed by atoms with Gasteiger partial charge in [0, 0.05) is 6.04 Å². The molecule has 0 radical (unpaired) electrons. The fraction of sp³-hybridized carbons (Fsp3) is 0.400. The van der Waals surface area contributed by atoms with Crippen molar-refractivity contribution >= 4 is 11.6 Å². The van der Waals surface area contributed by atoms with E-state index in [1.165, 1.54) is 12.1 Å². The van der Waals surface area contributed by atoms with E-state index in [1.807, 2.05) is 0 Å². The lowest BCUT2D eigenvalue weighted by molar-refractivity contribution is 0.152. The first-order valence-electron chi connectivity index (χ1n) is 4.32. The molecule has 4 heteroatoms. The molecule has 0 aliphatic carbocycles. The van der Waals surface area contributed by atoms with Crippen LogP contribution in [0.25, 0.3) is 0 Å². The molecule has 0 saturated heterocycles. The molecule has 14 heavy (non-hydrogen) atoms. The van der Waals surface area contributed by atoms with Crippen molar-refractivity contribution in [3.63, 3.8) is 0 Å².